The Morgan fingerprint density at radius 2 is 2.22 bits per heavy atom. The van der Waals surface area contributed by atoms with Crippen LogP contribution in [-0.2, 0) is 0 Å². The molecule has 1 aliphatic rings. The molecule has 18 heavy (non-hydrogen) atoms. The van der Waals surface area contributed by atoms with Gasteiger partial charge in [0, 0.05) is 19.1 Å². The third-order valence-corrected chi connectivity index (χ3v) is 4.04. The van der Waals surface area contributed by atoms with E-state index in [2.05, 4.69) is 10.6 Å². The quantitative estimate of drug-likeness (QED) is 0.813. The van der Waals surface area contributed by atoms with Gasteiger partial charge < -0.3 is 10.6 Å². The summed E-state index contributed by atoms with van der Waals surface area (Å²) < 4.78 is 12.9. The molecule has 0 spiro atoms. The van der Waals surface area contributed by atoms with Crippen LogP contribution in [-0.4, -0.2) is 37.0 Å². The fourth-order valence-corrected chi connectivity index (χ4v) is 2.70. The van der Waals surface area contributed by atoms with Crippen molar-refractivity contribution >= 4 is 23.0 Å². The van der Waals surface area contributed by atoms with Crippen molar-refractivity contribution in [3.8, 4) is 0 Å². The summed E-state index contributed by atoms with van der Waals surface area (Å²) in [7, 11) is 0. The molecule has 2 heterocycles. The molecule has 1 aliphatic heterocycles. The number of hydrogen-bond donors (Lipinski definition) is 2. The van der Waals surface area contributed by atoms with Gasteiger partial charge in [-0.1, -0.05) is 0 Å². The summed E-state index contributed by atoms with van der Waals surface area (Å²) in [6, 6.07) is 3.28. The number of thiophene rings is 1. The molecule has 1 aromatic heterocycles. The smallest absolute Gasteiger partial charge is 0.261 e. The lowest BCUT2D eigenvalue weighted by atomic mass is 10.2. The number of carbonyl (C=O) groups excluding carboxylic acids is 2. The molecular weight excluding hydrogens is 255 g/mol. The summed E-state index contributed by atoms with van der Waals surface area (Å²) in [6.45, 7) is 2.23. The Bertz CT molecular complexity index is 461. The van der Waals surface area contributed by atoms with Crippen molar-refractivity contribution in [2.24, 2.45) is 0 Å². The Morgan fingerprint density at radius 1 is 1.50 bits per heavy atom. The van der Waals surface area contributed by atoms with E-state index in [-0.39, 0.29) is 17.7 Å². The molecule has 2 rings (SSSR count). The van der Waals surface area contributed by atoms with E-state index in [1.165, 1.54) is 18.3 Å². The van der Waals surface area contributed by atoms with Gasteiger partial charge in [-0.25, -0.2) is 4.39 Å². The number of alkyl halides is 1. The molecule has 2 N–H and O–H groups in total. The summed E-state index contributed by atoms with van der Waals surface area (Å²) in [4.78, 5) is 24.0. The third kappa shape index (κ3) is 3.14. The minimum atomic E-state index is -0.821. The van der Waals surface area contributed by atoms with Gasteiger partial charge in [0.1, 0.15) is 6.17 Å². The lowest BCUT2D eigenvalue weighted by Gasteiger charge is -2.10. The number of carbonyl (C=O) groups is 2. The maximum Gasteiger partial charge on any atom is 0.261 e. The molecule has 1 fully saturated rings. The van der Waals surface area contributed by atoms with Crippen LogP contribution < -0.4 is 10.6 Å². The number of hydrogen-bond acceptors (Lipinski definition) is 4. The van der Waals surface area contributed by atoms with Crippen molar-refractivity contribution in [3.05, 3.63) is 21.9 Å². The Hall–Kier alpha value is -1.27. The van der Waals surface area contributed by atoms with E-state index < -0.39 is 6.17 Å². The lowest BCUT2D eigenvalue weighted by Crippen LogP contribution is -2.36. The maximum absolute atomic E-state index is 12.9. The predicted octanol–water partition coefficient (Wildman–Crippen LogP) is 1.38. The van der Waals surface area contributed by atoms with Crippen LogP contribution in [0.25, 0.3) is 0 Å². The molecule has 1 amide bonds. The van der Waals surface area contributed by atoms with Gasteiger partial charge in [-0.15, -0.1) is 11.3 Å². The number of halogens is 1. The second-order valence-electron chi connectivity index (χ2n) is 4.37. The molecule has 0 saturated carbocycles. The number of amides is 1. The Balaban J connectivity index is 1.85. The van der Waals surface area contributed by atoms with Crippen LogP contribution in [0.4, 0.5) is 4.39 Å². The van der Waals surface area contributed by atoms with Gasteiger partial charge in [0.05, 0.1) is 9.75 Å². The highest BCUT2D eigenvalue weighted by molar-refractivity contribution is 7.15. The van der Waals surface area contributed by atoms with Gasteiger partial charge >= 0.3 is 0 Å². The van der Waals surface area contributed by atoms with Gasteiger partial charge in [0.2, 0.25) is 0 Å². The molecule has 1 saturated heterocycles. The van der Waals surface area contributed by atoms with Gasteiger partial charge in [-0.2, -0.15) is 0 Å². The van der Waals surface area contributed by atoms with Gasteiger partial charge in [0.25, 0.3) is 5.91 Å². The molecule has 2 atom stereocenters. The highest BCUT2D eigenvalue weighted by Crippen LogP contribution is 2.17. The van der Waals surface area contributed by atoms with E-state index in [1.807, 2.05) is 0 Å². The van der Waals surface area contributed by atoms with Crippen molar-refractivity contribution in [2.75, 3.05) is 13.1 Å². The van der Waals surface area contributed by atoms with Crippen LogP contribution in [0, 0.1) is 0 Å². The van der Waals surface area contributed by atoms with Gasteiger partial charge in [-0.3, -0.25) is 9.59 Å². The molecule has 4 nitrogen and oxygen atoms in total. The number of ketones is 1. The van der Waals surface area contributed by atoms with E-state index >= 15 is 0 Å². The second kappa shape index (κ2) is 5.58. The average Bonchev–Trinajstić information content (AvgIpc) is 2.94. The van der Waals surface area contributed by atoms with Crippen molar-refractivity contribution in [1.82, 2.24) is 10.6 Å². The number of Topliss-reactive ketones (excluding diaryl/α,β-unsaturated/α-hetero) is 1. The topological polar surface area (TPSA) is 58.2 Å². The van der Waals surface area contributed by atoms with Crippen molar-refractivity contribution in [3.63, 3.8) is 0 Å². The first-order valence-electron chi connectivity index (χ1n) is 5.82. The minimum Gasteiger partial charge on any atom is -0.350 e. The SMILES string of the molecule is CC(=O)c1ccc(C(=O)NCC2CC(F)CN2)s1. The summed E-state index contributed by atoms with van der Waals surface area (Å²) >= 11 is 1.18. The Morgan fingerprint density at radius 3 is 2.78 bits per heavy atom. The Labute approximate surface area is 109 Å². The van der Waals surface area contributed by atoms with Crippen LogP contribution in [0.3, 0.4) is 0 Å². The maximum atomic E-state index is 12.9. The zero-order valence-corrected chi connectivity index (χ0v) is 10.8. The van der Waals surface area contributed by atoms with Gasteiger partial charge in [-0.05, 0) is 25.5 Å². The van der Waals surface area contributed by atoms with Crippen LogP contribution >= 0.6 is 11.3 Å². The van der Waals surface area contributed by atoms with E-state index in [1.54, 1.807) is 12.1 Å². The predicted molar refractivity (Wildman–Crippen MR) is 68.0 cm³/mol. The van der Waals surface area contributed by atoms with E-state index in [4.69, 9.17) is 0 Å². The number of nitrogens with one attached hydrogen (secondary N) is 2. The van der Waals surface area contributed by atoms with Gasteiger partial charge in [0.15, 0.2) is 5.78 Å². The highest BCUT2D eigenvalue weighted by atomic mass is 32.1. The zero-order chi connectivity index (χ0) is 13.1. The lowest BCUT2D eigenvalue weighted by molar-refractivity contribution is 0.0953. The first kappa shape index (κ1) is 13.2. The largest absolute Gasteiger partial charge is 0.350 e. The van der Waals surface area contributed by atoms with Crippen molar-refractivity contribution in [1.29, 1.82) is 0 Å². The molecule has 98 valence electrons. The van der Waals surface area contributed by atoms with Crippen LogP contribution in [0.2, 0.25) is 0 Å². The standard InChI is InChI=1S/C12H15FN2O2S/c1-7(16)10-2-3-11(18-10)12(17)15-6-9-4-8(13)5-14-9/h2-3,8-9,14H,4-6H2,1H3,(H,15,17). The summed E-state index contributed by atoms with van der Waals surface area (Å²) in [6.07, 6.45) is -0.387. The average molecular weight is 270 g/mol. The van der Waals surface area contributed by atoms with E-state index in [9.17, 15) is 14.0 Å². The fraction of sp³-hybridized carbons (Fsp3) is 0.500. The summed E-state index contributed by atoms with van der Waals surface area (Å²) in [5.41, 5.74) is 0. The molecular formula is C12H15FN2O2S. The monoisotopic (exact) mass is 270 g/mol. The molecule has 0 bridgehead atoms. The summed E-state index contributed by atoms with van der Waals surface area (Å²) in [5.74, 6) is -0.256. The van der Waals surface area contributed by atoms with Crippen LogP contribution in [0.15, 0.2) is 12.1 Å². The van der Waals surface area contributed by atoms with Crippen molar-refractivity contribution in [2.45, 2.75) is 25.6 Å². The first-order valence-corrected chi connectivity index (χ1v) is 6.64. The zero-order valence-electron chi connectivity index (χ0n) is 10.0. The minimum absolute atomic E-state index is 0.00353. The molecule has 6 heteroatoms. The first-order chi connectivity index (χ1) is 8.56. The normalized spacial score (nSPS) is 23.0. The fourth-order valence-electron chi connectivity index (χ4n) is 1.88. The summed E-state index contributed by atoms with van der Waals surface area (Å²) in [5, 5.41) is 5.74. The molecule has 1 aromatic rings. The van der Waals surface area contributed by atoms with Crippen LogP contribution in [0.5, 0.6) is 0 Å². The highest BCUT2D eigenvalue weighted by Gasteiger charge is 2.23. The molecule has 0 radical (unpaired) electrons. The third-order valence-electron chi connectivity index (χ3n) is 2.85. The second-order valence-corrected chi connectivity index (χ2v) is 5.45. The molecule has 0 aliphatic carbocycles. The van der Waals surface area contributed by atoms with E-state index in [0.29, 0.717) is 29.3 Å². The van der Waals surface area contributed by atoms with Crippen molar-refractivity contribution < 1.29 is 14.0 Å². The number of rotatable bonds is 4. The molecule has 2 unspecified atom stereocenters. The van der Waals surface area contributed by atoms with Crippen LogP contribution in [0.1, 0.15) is 32.7 Å². The molecule has 0 aromatic carbocycles. The Kier molecular flexibility index (Phi) is 4.08. The van der Waals surface area contributed by atoms with E-state index in [0.717, 1.165) is 0 Å².